The summed E-state index contributed by atoms with van der Waals surface area (Å²) in [4.78, 5) is 31.5. The van der Waals surface area contributed by atoms with Crippen molar-refractivity contribution in [1.82, 2.24) is 14.5 Å². The normalized spacial score (nSPS) is 15.3. The molecule has 1 aliphatic heterocycles. The van der Waals surface area contributed by atoms with Crippen molar-refractivity contribution >= 4 is 23.4 Å². The molecule has 8 heteroatoms. The highest BCUT2D eigenvalue weighted by Gasteiger charge is 2.18. The first kappa shape index (κ1) is 21.3. The Morgan fingerprint density at radius 1 is 1.28 bits per heavy atom. The molecule has 156 valence electrons. The first-order valence-electron chi connectivity index (χ1n) is 9.86. The number of nitrogens with zero attached hydrogens (tertiary/aromatic N) is 3. The summed E-state index contributed by atoms with van der Waals surface area (Å²) in [5.41, 5.74) is 0.940. The largest absolute Gasteiger partial charge is 0.459 e. The van der Waals surface area contributed by atoms with Crippen LogP contribution in [0.3, 0.4) is 0 Å². The summed E-state index contributed by atoms with van der Waals surface area (Å²) in [5.74, 6) is 0.379. The maximum Gasteiger partial charge on any atom is 0.326 e. The lowest BCUT2D eigenvalue weighted by molar-refractivity contribution is -0.145. The Labute approximate surface area is 175 Å². The van der Waals surface area contributed by atoms with E-state index in [0.29, 0.717) is 12.4 Å². The second-order valence-corrected chi connectivity index (χ2v) is 7.87. The van der Waals surface area contributed by atoms with E-state index in [4.69, 9.17) is 16.3 Å². The van der Waals surface area contributed by atoms with Gasteiger partial charge in [-0.25, -0.2) is 4.98 Å². The number of benzene rings is 1. The smallest absolute Gasteiger partial charge is 0.326 e. The third kappa shape index (κ3) is 5.81. The average Bonchev–Trinajstić information content (AvgIpc) is 2.73. The topological polar surface area (TPSA) is 76.5 Å². The fourth-order valence-corrected chi connectivity index (χ4v) is 3.43. The summed E-state index contributed by atoms with van der Waals surface area (Å²) >= 11 is 6.21. The third-order valence-electron chi connectivity index (χ3n) is 5.24. The molecule has 2 aromatic rings. The second kappa shape index (κ2) is 9.89. The van der Waals surface area contributed by atoms with E-state index in [2.05, 4.69) is 22.1 Å². The van der Waals surface area contributed by atoms with Gasteiger partial charge in [0.2, 0.25) is 0 Å². The predicted molar refractivity (Wildman–Crippen MR) is 113 cm³/mol. The number of piperidine rings is 1. The van der Waals surface area contributed by atoms with Gasteiger partial charge in [0.05, 0.1) is 12.4 Å². The quantitative estimate of drug-likeness (QED) is 0.696. The van der Waals surface area contributed by atoms with E-state index in [1.54, 1.807) is 6.92 Å². The molecule has 1 aromatic heterocycles. The van der Waals surface area contributed by atoms with Gasteiger partial charge in [-0.2, -0.15) is 0 Å². The summed E-state index contributed by atoms with van der Waals surface area (Å²) in [7, 11) is 0. The Hall–Kier alpha value is -2.38. The van der Waals surface area contributed by atoms with Crippen molar-refractivity contribution in [1.29, 1.82) is 0 Å². The minimum Gasteiger partial charge on any atom is -0.459 e. The first-order valence-corrected chi connectivity index (χ1v) is 10.2. The molecule has 2 heterocycles. The molecule has 0 atom stereocenters. The maximum atomic E-state index is 12.8. The van der Waals surface area contributed by atoms with Crippen LogP contribution in [0.2, 0.25) is 5.15 Å². The molecule has 1 saturated heterocycles. The monoisotopic (exact) mass is 418 g/mol. The van der Waals surface area contributed by atoms with E-state index in [1.807, 2.05) is 30.3 Å². The molecule has 7 nitrogen and oxygen atoms in total. The maximum absolute atomic E-state index is 12.8. The number of hydrogen-bond donors (Lipinski definition) is 1. The van der Waals surface area contributed by atoms with Crippen molar-refractivity contribution < 1.29 is 9.53 Å². The fourth-order valence-electron chi connectivity index (χ4n) is 3.24. The zero-order chi connectivity index (χ0) is 20.8. The molecule has 0 radical (unpaired) electrons. The van der Waals surface area contributed by atoms with Gasteiger partial charge in [-0.15, -0.1) is 0 Å². The van der Waals surface area contributed by atoms with E-state index in [1.165, 1.54) is 4.57 Å². The van der Waals surface area contributed by atoms with Crippen LogP contribution >= 0.6 is 11.6 Å². The Morgan fingerprint density at radius 3 is 2.66 bits per heavy atom. The fraction of sp³-hybridized carbons (Fsp3) is 0.476. The van der Waals surface area contributed by atoms with Crippen molar-refractivity contribution in [2.24, 2.45) is 5.92 Å². The molecule has 0 amide bonds. The molecular formula is C21H27ClN4O3. The van der Waals surface area contributed by atoms with E-state index in [-0.39, 0.29) is 29.7 Å². The molecule has 0 spiro atoms. The SMILES string of the molecule is Cc1c(Cl)nc(NCN2CCC(C)CC2)c(=O)n1CC(=O)OCc1ccccc1. The van der Waals surface area contributed by atoms with Crippen LogP contribution in [0, 0.1) is 12.8 Å². The number of hydrogen-bond acceptors (Lipinski definition) is 6. The zero-order valence-electron chi connectivity index (χ0n) is 16.9. The number of carbonyl (C=O) groups excluding carboxylic acids is 1. The Kier molecular flexibility index (Phi) is 7.28. The van der Waals surface area contributed by atoms with E-state index < -0.39 is 5.97 Å². The Bertz CT molecular complexity index is 893. The molecule has 29 heavy (non-hydrogen) atoms. The number of likely N-dealkylation sites (tertiary alicyclic amines) is 1. The zero-order valence-corrected chi connectivity index (χ0v) is 17.6. The number of esters is 1. The Balaban J connectivity index is 1.65. The lowest BCUT2D eigenvalue weighted by atomic mass is 10.00. The molecule has 1 fully saturated rings. The van der Waals surface area contributed by atoms with Gasteiger partial charge >= 0.3 is 5.97 Å². The first-order chi connectivity index (χ1) is 13.9. The summed E-state index contributed by atoms with van der Waals surface area (Å²) in [5, 5.41) is 3.27. The van der Waals surface area contributed by atoms with Gasteiger partial charge in [0.25, 0.3) is 5.56 Å². The highest BCUT2D eigenvalue weighted by Crippen LogP contribution is 2.16. The van der Waals surface area contributed by atoms with Crippen LogP contribution in [-0.2, 0) is 22.7 Å². The van der Waals surface area contributed by atoms with Crippen LogP contribution in [0.5, 0.6) is 0 Å². The third-order valence-corrected chi connectivity index (χ3v) is 5.60. The van der Waals surface area contributed by atoms with Crippen LogP contribution in [-0.4, -0.2) is 40.2 Å². The number of ether oxygens (including phenoxy) is 1. The summed E-state index contributed by atoms with van der Waals surface area (Å²) < 4.78 is 6.60. The minimum absolute atomic E-state index is 0.148. The number of rotatable bonds is 7. The molecule has 0 unspecified atom stereocenters. The molecule has 0 aliphatic carbocycles. The summed E-state index contributed by atoms with van der Waals surface area (Å²) in [6, 6.07) is 9.39. The molecule has 3 rings (SSSR count). The lowest BCUT2D eigenvalue weighted by Gasteiger charge is -2.30. The molecule has 1 aromatic carbocycles. The standard InChI is InChI=1S/C21H27ClN4O3/c1-15-8-10-25(11-9-15)14-23-20-21(28)26(16(2)19(22)24-20)12-18(27)29-13-17-6-4-3-5-7-17/h3-7,15H,8-14H2,1-2H3,(H,23,24). The van der Waals surface area contributed by atoms with Crippen LogP contribution in [0.1, 0.15) is 31.0 Å². The van der Waals surface area contributed by atoms with E-state index in [9.17, 15) is 9.59 Å². The predicted octanol–water partition coefficient (Wildman–Crippen LogP) is 3.05. The van der Waals surface area contributed by atoms with Crippen molar-refractivity contribution in [3.8, 4) is 0 Å². The van der Waals surface area contributed by atoms with Crippen molar-refractivity contribution in [3.05, 3.63) is 57.1 Å². The number of carbonyl (C=O) groups is 1. The van der Waals surface area contributed by atoms with Gasteiger partial charge in [-0.1, -0.05) is 48.9 Å². The van der Waals surface area contributed by atoms with Gasteiger partial charge in [0.1, 0.15) is 13.2 Å². The van der Waals surface area contributed by atoms with Crippen LogP contribution in [0.25, 0.3) is 0 Å². The average molecular weight is 419 g/mol. The van der Waals surface area contributed by atoms with Crippen molar-refractivity contribution in [2.75, 3.05) is 25.1 Å². The minimum atomic E-state index is -0.503. The number of anilines is 1. The van der Waals surface area contributed by atoms with Crippen molar-refractivity contribution in [2.45, 2.75) is 39.8 Å². The highest BCUT2D eigenvalue weighted by molar-refractivity contribution is 6.30. The van der Waals surface area contributed by atoms with Crippen LogP contribution < -0.4 is 10.9 Å². The van der Waals surface area contributed by atoms with Gasteiger partial charge in [-0.05, 0) is 31.2 Å². The van der Waals surface area contributed by atoms with Gasteiger partial charge < -0.3 is 10.1 Å². The molecule has 1 aliphatic rings. The molecule has 1 N–H and O–H groups in total. The lowest BCUT2D eigenvalue weighted by Crippen LogP contribution is -2.38. The van der Waals surface area contributed by atoms with E-state index in [0.717, 1.165) is 37.4 Å². The highest BCUT2D eigenvalue weighted by atomic mass is 35.5. The number of nitrogens with one attached hydrogen (secondary N) is 1. The van der Waals surface area contributed by atoms with E-state index >= 15 is 0 Å². The van der Waals surface area contributed by atoms with Crippen molar-refractivity contribution in [3.63, 3.8) is 0 Å². The molecule has 0 saturated carbocycles. The summed E-state index contributed by atoms with van der Waals surface area (Å²) in [6.45, 7) is 6.34. The molecule has 0 bridgehead atoms. The van der Waals surface area contributed by atoms with Gasteiger partial charge in [0.15, 0.2) is 11.0 Å². The van der Waals surface area contributed by atoms with Gasteiger partial charge in [-0.3, -0.25) is 19.1 Å². The second-order valence-electron chi connectivity index (χ2n) is 7.51. The van der Waals surface area contributed by atoms with Gasteiger partial charge in [0, 0.05) is 13.1 Å². The summed E-state index contributed by atoms with van der Waals surface area (Å²) in [6.07, 6.45) is 2.28. The van der Waals surface area contributed by atoms with Crippen LogP contribution in [0.15, 0.2) is 35.1 Å². The number of halogens is 1. The molecular weight excluding hydrogens is 392 g/mol. The Morgan fingerprint density at radius 2 is 1.97 bits per heavy atom. The van der Waals surface area contributed by atoms with Crippen LogP contribution in [0.4, 0.5) is 5.82 Å². The number of aromatic nitrogens is 2.